The van der Waals surface area contributed by atoms with Crippen molar-refractivity contribution in [3.8, 4) is 0 Å². The van der Waals surface area contributed by atoms with E-state index in [0.717, 1.165) is 19.6 Å². The first-order chi connectivity index (χ1) is 13.3. The van der Waals surface area contributed by atoms with Crippen LogP contribution < -0.4 is 10.0 Å². The summed E-state index contributed by atoms with van der Waals surface area (Å²) in [6, 6.07) is 9.40. The van der Waals surface area contributed by atoms with Gasteiger partial charge in [0.15, 0.2) is 0 Å². The standard InChI is InChI=1S/C20H26FN3O3S/c1-4-24(5-2)13-12-22-20(25)19-14-18(11-6-15(19)3)28(26,27)23-17-9-7-16(21)8-10-17/h6-11,14,23H,4-5,12-13H2,1-3H3,(H,22,25). The Balaban J connectivity index is 2.14. The van der Waals surface area contributed by atoms with E-state index in [4.69, 9.17) is 0 Å². The largest absolute Gasteiger partial charge is 0.351 e. The van der Waals surface area contributed by atoms with Gasteiger partial charge in [-0.15, -0.1) is 0 Å². The molecule has 28 heavy (non-hydrogen) atoms. The third-order valence-corrected chi connectivity index (χ3v) is 5.85. The van der Waals surface area contributed by atoms with E-state index in [2.05, 4.69) is 28.8 Å². The summed E-state index contributed by atoms with van der Waals surface area (Å²) in [4.78, 5) is 14.7. The Morgan fingerprint density at radius 3 is 2.32 bits per heavy atom. The maximum Gasteiger partial charge on any atom is 0.261 e. The summed E-state index contributed by atoms with van der Waals surface area (Å²) in [5, 5.41) is 2.84. The van der Waals surface area contributed by atoms with Crippen molar-refractivity contribution in [1.29, 1.82) is 0 Å². The molecule has 0 aromatic heterocycles. The van der Waals surface area contributed by atoms with Crippen molar-refractivity contribution in [2.45, 2.75) is 25.7 Å². The van der Waals surface area contributed by atoms with Crippen LogP contribution in [-0.2, 0) is 10.0 Å². The number of sulfonamides is 1. The molecule has 152 valence electrons. The van der Waals surface area contributed by atoms with Gasteiger partial charge in [0.2, 0.25) is 0 Å². The summed E-state index contributed by atoms with van der Waals surface area (Å²) in [7, 11) is -3.90. The summed E-state index contributed by atoms with van der Waals surface area (Å²) in [5.41, 5.74) is 1.23. The molecule has 2 aromatic carbocycles. The van der Waals surface area contributed by atoms with Gasteiger partial charge in [0.25, 0.3) is 15.9 Å². The maximum absolute atomic E-state index is 13.0. The molecule has 1 amide bonds. The molecule has 8 heteroatoms. The average Bonchev–Trinajstić information content (AvgIpc) is 2.67. The zero-order chi connectivity index (χ0) is 20.7. The van der Waals surface area contributed by atoms with Crippen LogP contribution in [0.2, 0.25) is 0 Å². The van der Waals surface area contributed by atoms with Crippen LogP contribution in [0.4, 0.5) is 10.1 Å². The van der Waals surface area contributed by atoms with Crippen LogP contribution in [0.25, 0.3) is 0 Å². The fourth-order valence-corrected chi connectivity index (χ4v) is 3.79. The highest BCUT2D eigenvalue weighted by atomic mass is 32.2. The van der Waals surface area contributed by atoms with E-state index in [9.17, 15) is 17.6 Å². The van der Waals surface area contributed by atoms with Gasteiger partial charge in [0.05, 0.1) is 4.90 Å². The summed E-state index contributed by atoms with van der Waals surface area (Å²) in [5.74, 6) is -0.773. The van der Waals surface area contributed by atoms with Gasteiger partial charge >= 0.3 is 0 Å². The number of carbonyl (C=O) groups excluding carboxylic acids is 1. The Morgan fingerprint density at radius 2 is 1.71 bits per heavy atom. The number of halogens is 1. The van der Waals surface area contributed by atoms with Crippen LogP contribution in [0.1, 0.15) is 29.8 Å². The van der Waals surface area contributed by atoms with E-state index in [1.54, 1.807) is 13.0 Å². The van der Waals surface area contributed by atoms with Gasteiger partial charge in [-0.05, 0) is 62.0 Å². The average molecular weight is 408 g/mol. The van der Waals surface area contributed by atoms with Crippen molar-refractivity contribution in [3.05, 3.63) is 59.4 Å². The first-order valence-corrected chi connectivity index (χ1v) is 10.6. The Bertz CT molecular complexity index is 911. The molecule has 0 unspecified atom stereocenters. The van der Waals surface area contributed by atoms with Crippen molar-refractivity contribution >= 4 is 21.6 Å². The summed E-state index contributed by atoms with van der Waals surface area (Å²) >= 11 is 0. The number of rotatable bonds is 9. The predicted octanol–water partition coefficient (Wildman–Crippen LogP) is 3.01. The number of carbonyl (C=O) groups is 1. The number of nitrogens with one attached hydrogen (secondary N) is 2. The second-order valence-electron chi connectivity index (χ2n) is 6.37. The Hall–Kier alpha value is -2.45. The molecule has 0 heterocycles. The fourth-order valence-electron chi connectivity index (χ4n) is 2.71. The normalized spacial score (nSPS) is 11.5. The Labute approximate surface area is 165 Å². The quantitative estimate of drug-likeness (QED) is 0.670. The number of aryl methyl sites for hydroxylation is 1. The van der Waals surface area contributed by atoms with Crippen LogP contribution in [0, 0.1) is 12.7 Å². The van der Waals surface area contributed by atoms with Crippen molar-refractivity contribution in [2.75, 3.05) is 30.9 Å². The van der Waals surface area contributed by atoms with E-state index in [-0.39, 0.29) is 16.5 Å². The molecule has 0 aliphatic rings. The lowest BCUT2D eigenvalue weighted by molar-refractivity contribution is 0.0948. The number of benzene rings is 2. The minimum Gasteiger partial charge on any atom is -0.351 e. The molecule has 0 radical (unpaired) electrons. The van der Waals surface area contributed by atoms with Crippen molar-refractivity contribution in [3.63, 3.8) is 0 Å². The van der Waals surface area contributed by atoms with E-state index in [0.29, 0.717) is 17.7 Å². The smallest absolute Gasteiger partial charge is 0.261 e. The summed E-state index contributed by atoms with van der Waals surface area (Å²) in [6.45, 7) is 8.86. The SMILES string of the molecule is CCN(CC)CCNC(=O)c1cc(S(=O)(=O)Nc2ccc(F)cc2)ccc1C. The van der Waals surface area contributed by atoms with Gasteiger partial charge in [-0.3, -0.25) is 9.52 Å². The van der Waals surface area contributed by atoms with Gasteiger partial charge in [0, 0.05) is 24.3 Å². The molecule has 0 saturated carbocycles. The minimum absolute atomic E-state index is 0.0312. The molecule has 0 aliphatic heterocycles. The van der Waals surface area contributed by atoms with Crippen molar-refractivity contribution in [1.82, 2.24) is 10.2 Å². The Kier molecular flexibility index (Phi) is 7.53. The number of hydrogen-bond donors (Lipinski definition) is 2. The third-order valence-electron chi connectivity index (χ3n) is 4.47. The zero-order valence-electron chi connectivity index (χ0n) is 16.3. The number of anilines is 1. The second-order valence-corrected chi connectivity index (χ2v) is 8.05. The number of amides is 1. The summed E-state index contributed by atoms with van der Waals surface area (Å²) in [6.07, 6.45) is 0. The van der Waals surface area contributed by atoms with Crippen LogP contribution in [-0.4, -0.2) is 45.4 Å². The molecule has 0 bridgehead atoms. The lowest BCUT2D eigenvalue weighted by Crippen LogP contribution is -2.35. The lowest BCUT2D eigenvalue weighted by Gasteiger charge is -2.18. The molecule has 0 saturated heterocycles. The topological polar surface area (TPSA) is 78.5 Å². The summed E-state index contributed by atoms with van der Waals surface area (Å²) < 4.78 is 40.6. The molecule has 6 nitrogen and oxygen atoms in total. The van der Waals surface area contributed by atoms with Crippen LogP contribution in [0.5, 0.6) is 0 Å². The van der Waals surface area contributed by atoms with Gasteiger partial charge in [-0.25, -0.2) is 12.8 Å². The van der Waals surface area contributed by atoms with Crippen LogP contribution in [0.15, 0.2) is 47.4 Å². The number of nitrogens with zero attached hydrogens (tertiary/aromatic N) is 1. The minimum atomic E-state index is -3.90. The van der Waals surface area contributed by atoms with Gasteiger partial charge in [0.1, 0.15) is 5.82 Å². The predicted molar refractivity (Wildman–Crippen MR) is 109 cm³/mol. The molecule has 0 atom stereocenters. The monoisotopic (exact) mass is 407 g/mol. The van der Waals surface area contributed by atoms with Crippen molar-refractivity contribution in [2.24, 2.45) is 0 Å². The van der Waals surface area contributed by atoms with E-state index < -0.39 is 15.8 Å². The molecule has 0 fully saturated rings. The lowest BCUT2D eigenvalue weighted by atomic mass is 10.1. The maximum atomic E-state index is 13.0. The zero-order valence-corrected chi connectivity index (χ0v) is 17.1. The van der Waals surface area contributed by atoms with E-state index >= 15 is 0 Å². The molecule has 0 spiro atoms. The van der Waals surface area contributed by atoms with Crippen molar-refractivity contribution < 1.29 is 17.6 Å². The molecule has 2 rings (SSSR count). The molecular weight excluding hydrogens is 381 g/mol. The molecule has 0 aliphatic carbocycles. The van der Waals surface area contributed by atoms with Crippen LogP contribution in [0.3, 0.4) is 0 Å². The van der Waals surface area contributed by atoms with E-state index in [1.165, 1.54) is 36.4 Å². The fraction of sp³-hybridized carbons (Fsp3) is 0.350. The molecule has 2 aromatic rings. The Morgan fingerprint density at radius 1 is 1.07 bits per heavy atom. The van der Waals surface area contributed by atoms with E-state index in [1.807, 2.05) is 0 Å². The first kappa shape index (κ1) is 21.8. The first-order valence-electron chi connectivity index (χ1n) is 9.16. The molecule has 2 N–H and O–H groups in total. The second kappa shape index (κ2) is 9.66. The number of likely N-dealkylation sites (N-methyl/N-ethyl adjacent to an activating group) is 1. The highest BCUT2D eigenvalue weighted by Gasteiger charge is 2.18. The highest BCUT2D eigenvalue weighted by molar-refractivity contribution is 7.92. The van der Waals surface area contributed by atoms with Gasteiger partial charge < -0.3 is 10.2 Å². The highest BCUT2D eigenvalue weighted by Crippen LogP contribution is 2.19. The third kappa shape index (κ3) is 5.77. The number of hydrogen-bond acceptors (Lipinski definition) is 4. The van der Waals surface area contributed by atoms with Gasteiger partial charge in [-0.2, -0.15) is 0 Å². The van der Waals surface area contributed by atoms with Gasteiger partial charge in [-0.1, -0.05) is 19.9 Å². The van der Waals surface area contributed by atoms with Crippen LogP contribution >= 0.6 is 0 Å². The molecular formula is C20H26FN3O3S.